The Morgan fingerprint density at radius 3 is 2.45 bits per heavy atom. The molecule has 20 heavy (non-hydrogen) atoms. The average molecular weight is 391 g/mol. The summed E-state index contributed by atoms with van der Waals surface area (Å²) in [5.41, 5.74) is 5.27. The van der Waals surface area contributed by atoms with Crippen LogP contribution >= 0.6 is 22.6 Å². The van der Waals surface area contributed by atoms with E-state index in [4.69, 9.17) is 5.73 Å². The summed E-state index contributed by atoms with van der Waals surface area (Å²) < 4.78 is 38.7. The van der Waals surface area contributed by atoms with Crippen molar-refractivity contribution in [3.05, 3.63) is 62.7 Å². The van der Waals surface area contributed by atoms with Crippen LogP contribution in [0.2, 0.25) is 0 Å². The van der Waals surface area contributed by atoms with Crippen molar-refractivity contribution in [1.29, 1.82) is 0 Å². The molecular weight excluding hydrogens is 382 g/mol. The number of halogens is 4. The molecule has 0 aromatic heterocycles. The molecule has 2 aromatic carbocycles. The van der Waals surface area contributed by atoms with Crippen LogP contribution in [0.5, 0.6) is 0 Å². The molecule has 0 heterocycles. The standard InChI is InChI=1S/C14H9F3INO/c15-14(16,17)9-3-1-2-8(6-9)13(20)11-7-10(18)4-5-12(11)19/h1-7H,19H2. The summed E-state index contributed by atoms with van der Waals surface area (Å²) in [6.07, 6.45) is -4.48. The van der Waals surface area contributed by atoms with Gasteiger partial charge in [0.1, 0.15) is 0 Å². The van der Waals surface area contributed by atoms with Crippen molar-refractivity contribution in [2.45, 2.75) is 6.18 Å². The minimum absolute atomic E-state index is 0.0338. The largest absolute Gasteiger partial charge is 0.416 e. The van der Waals surface area contributed by atoms with E-state index < -0.39 is 17.5 Å². The van der Waals surface area contributed by atoms with E-state index in [0.29, 0.717) is 0 Å². The van der Waals surface area contributed by atoms with Gasteiger partial charge in [-0.25, -0.2) is 0 Å². The van der Waals surface area contributed by atoms with Crippen LogP contribution < -0.4 is 5.73 Å². The van der Waals surface area contributed by atoms with Crippen molar-refractivity contribution in [3.63, 3.8) is 0 Å². The van der Waals surface area contributed by atoms with Crippen molar-refractivity contribution in [3.8, 4) is 0 Å². The molecular formula is C14H9F3INO. The van der Waals surface area contributed by atoms with Crippen molar-refractivity contribution in [2.24, 2.45) is 0 Å². The van der Waals surface area contributed by atoms with Gasteiger partial charge in [-0.05, 0) is 52.9 Å². The molecule has 0 aliphatic carbocycles. The first-order valence-corrected chi connectivity index (χ1v) is 6.64. The topological polar surface area (TPSA) is 43.1 Å². The molecule has 0 fully saturated rings. The number of nitrogen functional groups attached to an aromatic ring is 1. The number of rotatable bonds is 2. The number of alkyl halides is 3. The van der Waals surface area contributed by atoms with Crippen molar-refractivity contribution < 1.29 is 18.0 Å². The molecule has 2 nitrogen and oxygen atoms in total. The maximum Gasteiger partial charge on any atom is 0.416 e. The minimum Gasteiger partial charge on any atom is -0.398 e. The fourth-order valence-corrected chi connectivity index (χ4v) is 2.21. The van der Waals surface area contributed by atoms with Crippen LogP contribution in [0, 0.1) is 3.57 Å². The highest BCUT2D eigenvalue weighted by atomic mass is 127. The first-order valence-electron chi connectivity index (χ1n) is 5.56. The molecule has 0 radical (unpaired) electrons. The highest BCUT2D eigenvalue weighted by Gasteiger charge is 2.31. The van der Waals surface area contributed by atoms with Gasteiger partial charge in [-0.1, -0.05) is 12.1 Å². The lowest BCUT2D eigenvalue weighted by Gasteiger charge is -2.09. The molecule has 2 rings (SSSR count). The highest BCUT2D eigenvalue weighted by molar-refractivity contribution is 14.1. The molecule has 0 amide bonds. The molecule has 0 aliphatic heterocycles. The van der Waals surface area contributed by atoms with Crippen LogP contribution in [0.4, 0.5) is 18.9 Å². The van der Waals surface area contributed by atoms with E-state index in [0.717, 1.165) is 15.7 Å². The van der Waals surface area contributed by atoms with Crippen LogP contribution in [-0.4, -0.2) is 5.78 Å². The Bertz CT molecular complexity index is 668. The third kappa shape index (κ3) is 3.12. The Morgan fingerprint density at radius 2 is 1.80 bits per heavy atom. The number of nitrogens with two attached hydrogens (primary N) is 1. The van der Waals surface area contributed by atoms with E-state index in [9.17, 15) is 18.0 Å². The molecule has 2 N–H and O–H groups in total. The molecule has 2 aromatic rings. The maximum absolute atomic E-state index is 12.6. The second-order valence-corrected chi connectivity index (χ2v) is 5.38. The molecule has 0 bridgehead atoms. The summed E-state index contributed by atoms with van der Waals surface area (Å²) in [5.74, 6) is -0.521. The summed E-state index contributed by atoms with van der Waals surface area (Å²) in [6, 6.07) is 9.15. The third-order valence-electron chi connectivity index (χ3n) is 2.71. The smallest absolute Gasteiger partial charge is 0.398 e. The van der Waals surface area contributed by atoms with Gasteiger partial charge in [0, 0.05) is 20.4 Å². The number of carbonyl (C=O) groups excluding carboxylic acids is 1. The van der Waals surface area contributed by atoms with Gasteiger partial charge < -0.3 is 5.73 Å². The molecule has 6 heteroatoms. The van der Waals surface area contributed by atoms with Gasteiger partial charge in [-0.2, -0.15) is 13.2 Å². The lowest BCUT2D eigenvalue weighted by Crippen LogP contribution is -2.09. The lowest BCUT2D eigenvalue weighted by molar-refractivity contribution is -0.137. The molecule has 0 spiro atoms. The molecule has 0 saturated carbocycles. The minimum atomic E-state index is -4.48. The normalized spacial score (nSPS) is 11.4. The number of anilines is 1. The van der Waals surface area contributed by atoms with Crippen LogP contribution in [0.25, 0.3) is 0 Å². The number of hydrogen-bond donors (Lipinski definition) is 1. The van der Waals surface area contributed by atoms with Crippen LogP contribution in [-0.2, 0) is 6.18 Å². The number of benzene rings is 2. The fraction of sp³-hybridized carbons (Fsp3) is 0.0714. The van der Waals surface area contributed by atoms with Gasteiger partial charge in [0.05, 0.1) is 5.56 Å². The molecule has 0 aliphatic rings. The van der Waals surface area contributed by atoms with Gasteiger partial charge in [-0.15, -0.1) is 0 Å². The lowest BCUT2D eigenvalue weighted by atomic mass is 10.00. The monoisotopic (exact) mass is 391 g/mol. The maximum atomic E-state index is 12.6. The predicted molar refractivity (Wildman–Crippen MR) is 78.4 cm³/mol. The Morgan fingerprint density at radius 1 is 1.10 bits per heavy atom. The van der Waals surface area contributed by atoms with Crippen LogP contribution in [0.3, 0.4) is 0 Å². The van der Waals surface area contributed by atoms with Crippen molar-refractivity contribution in [2.75, 3.05) is 5.73 Å². The molecule has 104 valence electrons. The Balaban J connectivity index is 2.46. The van der Waals surface area contributed by atoms with Gasteiger partial charge >= 0.3 is 6.18 Å². The highest BCUT2D eigenvalue weighted by Crippen LogP contribution is 2.30. The van der Waals surface area contributed by atoms with Crippen molar-refractivity contribution >= 4 is 34.1 Å². The van der Waals surface area contributed by atoms with E-state index in [2.05, 4.69) is 0 Å². The summed E-state index contributed by atoms with van der Waals surface area (Å²) in [4.78, 5) is 12.2. The number of ketones is 1. The van der Waals surface area contributed by atoms with E-state index >= 15 is 0 Å². The van der Waals surface area contributed by atoms with Gasteiger partial charge in [-0.3, -0.25) is 4.79 Å². The third-order valence-corrected chi connectivity index (χ3v) is 3.38. The zero-order chi connectivity index (χ0) is 14.9. The first kappa shape index (κ1) is 14.8. The van der Waals surface area contributed by atoms with Gasteiger partial charge in [0.2, 0.25) is 0 Å². The number of carbonyl (C=O) groups is 1. The Labute approximate surface area is 126 Å². The van der Waals surface area contributed by atoms with E-state index in [1.54, 1.807) is 18.2 Å². The van der Waals surface area contributed by atoms with E-state index in [-0.39, 0.29) is 16.8 Å². The average Bonchev–Trinajstić information content (AvgIpc) is 2.40. The van der Waals surface area contributed by atoms with Gasteiger partial charge in [0.15, 0.2) is 5.78 Å². The summed E-state index contributed by atoms with van der Waals surface area (Å²) in [5, 5.41) is 0. The molecule has 0 atom stereocenters. The summed E-state index contributed by atoms with van der Waals surface area (Å²) in [7, 11) is 0. The number of hydrogen-bond acceptors (Lipinski definition) is 2. The SMILES string of the molecule is Nc1ccc(I)cc1C(=O)c1cccc(C(F)(F)F)c1. The van der Waals surface area contributed by atoms with Gasteiger partial charge in [0.25, 0.3) is 0 Å². The fourth-order valence-electron chi connectivity index (χ4n) is 1.72. The van der Waals surface area contributed by atoms with E-state index in [1.807, 2.05) is 22.6 Å². The molecule has 0 saturated heterocycles. The summed E-state index contributed by atoms with van der Waals surface area (Å²) >= 11 is 2.01. The Hall–Kier alpha value is -1.57. The van der Waals surface area contributed by atoms with E-state index in [1.165, 1.54) is 12.1 Å². The van der Waals surface area contributed by atoms with Crippen molar-refractivity contribution in [1.82, 2.24) is 0 Å². The second-order valence-electron chi connectivity index (χ2n) is 4.14. The molecule has 0 unspecified atom stereocenters. The zero-order valence-corrected chi connectivity index (χ0v) is 12.2. The summed E-state index contributed by atoms with van der Waals surface area (Å²) in [6.45, 7) is 0. The Kier molecular flexibility index (Phi) is 4.03. The predicted octanol–water partition coefficient (Wildman–Crippen LogP) is 4.12. The second kappa shape index (κ2) is 5.43. The van der Waals surface area contributed by atoms with Crippen LogP contribution in [0.15, 0.2) is 42.5 Å². The zero-order valence-electron chi connectivity index (χ0n) is 10.0. The first-order chi connectivity index (χ1) is 9.29. The quantitative estimate of drug-likeness (QED) is 0.476. The van der Waals surface area contributed by atoms with Crippen LogP contribution in [0.1, 0.15) is 21.5 Å².